The molecule has 0 amide bonds. The van der Waals surface area contributed by atoms with Gasteiger partial charge in [0.2, 0.25) is 0 Å². The second kappa shape index (κ2) is 12.0. The van der Waals surface area contributed by atoms with Crippen molar-refractivity contribution >= 4 is 22.8 Å². The van der Waals surface area contributed by atoms with Crippen molar-refractivity contribution in [1.82, 2.24) is 34.0 Å². The average molecular weight is 673 g/mol. The summed E-state index contributed by atoms with van der Waals surface area (Å²) in [5.74, 6) is 1.86. The number of rotatable bonds is 6. The zero-order valence-electron chi connectivity index (χ0n) is 26.5. The highest BCUT2D eigenvalue weighted by Crippen LogP contribution is 2.39. The van der Waals surface area contributed by atoms with Crippen molar-refractivity contribution < 1.29 is 31.1 Å². The van der Waals surface area contributed by atoms with E-state index in [1.54, 1.807) is 6.33 Å². The molecule has 0 bridgehead atoms. The van der Waals surface area contributed by atoms with E-state index in [4.69, 9.17) is 14.7 Å². The number of nitrogens with zero attached hydrogens (tertiary/aromatic N) is 8. The lowest BCUT2D eigenvalue weighted by atomic mass is 9.92. The number of hydrogen-bond donors (Lipinski definition) is 0. The molecule has 15 heteroatoms. The van der Waals surface area contributed by atoms with Gasteiger partial charge in [0.1, 0.15) is 17.7 Å². The maximum absolute atomic E-state index is 13.4. The van der Waals surface area contributed by atoms with Crippen LogP contribution in [-0.4, -0.2) is 71.9 Å². The lowest BCUT2D eigenvalue weighted by Gasteiger charge is -2.48. The van der Waals surface area contributed by atoms with Crippen LogP contribution in [0.15, 0.2) is 54.9 Å². The molecule has 0 N–H and O–H groups in total. The molecule has 2 fully saturated rings. The van der Waals surface area contributed by atoms with Crippen molar-refractivity contribution in [1.29, 1.82) is 0 Å². The van der Waals surface area contributed by atoms with E-state index in [9.17, 15) is 26.3 Å². The van der Waals surface area contributed by atoms with Crippen molar-refractivity contribution in [2.45, 2.75) is 76.7 Å². The smallest absolute Gasteiger partial charge is 0.376 e. The molecule has 2 aromatic carbocycles. The van der Waals surface area contributed by atoms with E-state index in [0.717, 1.165) is 55.2 Å². The average Bonchev–Trinajstić information content (AvgIpc) is 3.79. The first-order chi connectivity index (χ1) is 22.8. The summed E-state index contributed by atoms with van der Waals surface area (Å²) in [4.78, 5) is 14.1. The molecular weight excluding hydrogens is 638 g/mol. The molecule has 2 aliphatic rings. The van der Waals surface area contributed by atoms with E-state index < -0.39 is 29.5 Å². The number of imidazole rings is 1. The molecule has 254 valence electrons. The molecule has 2 aliphatic heterocycles. The highest BCUT2D eigenvalue weighted by atomic mass is 19.4. The van der Waals surface area contributed by atoms with Crippen LogP contribution in [0.4, 0.5) is 32.2 Å². The molecule has 0 spiro atoms. The third-order valence-electron chi connectivity index (χ3n) is 9.46. The Balaban J connectivity index is 1.25. The molecule has 0 saturated carbocycles. The lowest BCUT2D eigenvalue weighted by Crippen LogP contribution is -2.57. The van der Waals surface area contributed by atoms with Crippen LogP contribution >= 0.6 is 0 Å². The molecule has 0 radical (unpaired) electrons. The van der Waals surface area contributed by atoms with Gasteiger partial charge in [-0.15, -0.1) is 10.2 Å². The Hall–Kier alpha value is -4.24. The Kier molecular flexibility index (Phi) is 8.09. The van der Waals surface area contributed by atoms with Gasteiger partial charge in [-0.2, -0.15) is 31.3 Å². The van der Waals surface area contributed by atoms with Gasteiger partial charge >= 0.3 is 12.4 Å². The van der Waals surface area contributed by atoms with Gasteiger partial charge in [0, 0.05) is 31.8 Å². The summed E-state index contributed by atoms with van der Waals surface area (Å²) in [6.45, 7) is 8.21. The number of fused-ring (bicyclic) bond motifs is 3. The SMILES string of the molecule is Cc1nc2c(N3C[C@@H](C)N(C(c4ccc(C(F)(F)F)cc4)c4ccc(C(F)(F)F)cc4)C[C@@H]3C)nc3nncn3c2n1CC1CCCO1. The van der Waals surface area contributed by atoms with Gasteiger partial charge < -0.3 is 14.2 Å². The Labute approximate surface area is 272 Å². The minimum Gasteiger partial charge on any atom is -0.376 e. The van der Waals surface area contributed by atoms with Crippen molar-refractivity contribution in [3.63, 3.8) is 0 Å². The monoisotopic (exact) mass is 672 g/mol. The van der Waals surface area contributed by atoms with Crippen LogP contribution in [0.25, 0.3) is 16.9 Å². The number of hydrogen-bond acceptors (Lipinski definition) is 7. The minimum atomic E-state index is -4.52. The molecular formula is C33H34F6N8O. The van der Waals surface area contributed by atoms with Crippen LogP contribution in [0.1, 0.15) is 60.8 Å². The molecule has 48 heavy (non-hydrogen) atoms. The fourth-order valence-corrected chi connectivity index (χ4v) is 7.05. The third-order valence-corrected chi connectivity index (χ3v) is 9.46. The van der Waals surface area contributed by atoms with Crippen molar-refractivity contribution in [3.8, 4) is 0 Å². The van der Waals surface area contributed by atoms with Crippen molar-refractivity contribution in [2.24, 2.45) is 0 Å². The molecule has 9 nitrogen and oxygen atoms in total. The number of aryl methyl sites for hydroxylation is 1. The van der Waals surface area contributed by atoms with Gasteiger partial charge in [-0.05, 0) is 69.0 Å². The summed E-state index contributed by atoms with van der Waals surface area (Å²) in [5.41, 5.74) is 0.997. The second-order valence-corrected chi connectivity index (χ2v) is 12.7. The Morgan fingerprint density at radius 3 is 2.04 bits per heavy atom. The quantitative estimate of drug-likeness (QED) is 0.186. The minimum absolute atomic E-state index is 0.0686. The normalized spacial score (nSPS) is 21.3. The number of benzene rings is 2. The Bertz CT molecular complexity index is 1850. The zero-order valence-corrected chi connectivity index (χ0v) is 26.5. The third kappa shape index (κ3) is 5.87. The highest BCUT2D eigenvalue weighted by Gasteiger charge is 2.38. The predicted molar refractivity (Wildman–Crippen MR) is 165 cm³/mol. The Morgan fingerprint density at radius 1 is 0.854 bits per heavy atom. The first-order valence-electron chi connectivity index (χ1n) is 15.8. The second-order valence-electron chi connectivity index (χ2n) is 12.7. The molecule has 7 rings (SSSR count). The summed E-state index contributed by atoms with van der Waals surface area (Å²) >= 11 is 0. The van der Waals surface area contributed by atoms with Gasteiger partial charge in [0.15, 0.2) is 11.5 Å². The number of aromatic nitrogens is 6. The summed E-state index contributed by atoms with van der Waals surface area (Å²) in [7, 11) is 0. The van der Waals surface area contributed by atoms with Crippen LogP contribution in [0.3, 0.4) is 0 Å². The molecule has 3 atom stereocenters. The zero-order chi connectivity index (χ0) is 34.0. The summed E-state index contributed by atoms with van der Waals surface area (Å²) in [6.07, 6.45) is -5.39. The number of anilines is 1. The van der Waals surface area contributed by atoms with Crippen LogP contribution in [-0.2, 0) is 23.6 Å². The standard InChI is InChI=1S/C33H34F6N8O/c1-19-16-45(29-27-30(47-18-40-43-31(47)42-29)46(21(3)41-27)17-26-5-4-14-48-26)20(2)15-44(19)28(22-6-10-24(11-7-22)32(34,35)36)23-8-12-25(13-9-23)33(37,38)39/h6-13,18-20,26,28H,4-5,14-17H2,1-3H3/t19-,20+,26?/m1/s1. The van der Waals surface area contributed by atoms with Gasteiger partial charge in [-0.3, -0.25) is 4.90 Å². The van der Waals surface area contributed by atoms with Crippen LogP contribution in [0.2, 0.25) is 0 Å². The number of alkyl halides is 6. The van der Waals surface area contributed by atoms with E-state index in [1.165, 1.54) is 24.3 Å². The lowest BCUT2D eigenvalue weighted by molar-refractivity contribution is -0.138. The van der Waals surface area contributed by atoms with Crippen LogP contribution in [0.5, 0.6) is 0 Å². The summed E-state index contributed by atoms with van der Waals surface area (Å²) < 4.78 is 90.5. The fourth-order valence-electron chi connectivity index (χ4n) is 7.05. The number of halogens is 6. The number of ether oxygens (including phenoxy) is 1. The molecule has 0 aliphatic carbocycles. The van der Waals surface area contributed by atoms with E-state index in [-0.39, 0.29) is 18.2 Å². The van der Waals surface area contributed by atoms with E-state index >= 15 is 0 Å². The highest BCUT2D eigenvalue weighted by molar-refractivity contribution is 5.87. The van der Waals surface area contributed by atoms with Crippen molar-refractivity contribution in [3.05, 3.63) is 82.9 Å². The van der Waals surface area contributed by atoms with E-state index in [1.807, 2.05) is 25.2 Å². The van der Waals surface area contributed by atoms with E-state index in [2.05, 4.69) is 24.6 Å². The van der Waals surface area contributed by atoms with E-state index in [0.29, 0.717) is 47.9 Å². The molecule has 3 aromatic heterocycles. The van der Waals surface area contributed by atoms with Gasteiger partial charge in [0.05, 0.1) is 29.8 Å². The maximum Gasteiger partial charge on any atom is 0.416 e. The molecule has 5 heterocycles. The topological polar surface area (TPSA) is 76.6 Å². The molecule has 2 saturated heterocycles. The molecule has 5 aromatic rings. The van der Waals surface area contributed by atoms with Crippen LogP contribution < -0.4 is 4.90 Å². The summed E-state index contributed by atoms with van der Waals surface area (Å²) in [5, 5.41) is 8.36. The first kappa shape index (κ1) is 32.3. The molecule has 1 unspecified atom stereocenters. The first-order valence-corrected chi connectivity index (χ1v) is 15.8. The maximum atomic E-state index is 13.4. The number of piperazine rings is 1. The summed E-state index contributed by atoms with van der Waals surface area (Å²) in [6, 6.07) is 8.71. The van der Waals surface area contributed by atoms with Crippen LogP contribution in [0, 0.1) is 6.92 Å². The van der Waals surface area contributed by atoms with Gasteiger partial charge in [-0.1, -0.05) is 24.3 Å². The van der Waals surface area contributed by atoms with Gasteiger partial charge in [0.25, 0.3) is 5.78 Å². The van der Waals surface area contributed by atoms with Gasteiger partial charge in [-0.25, -0.2) is 9.38 Å². The largest absolute Gasteiger partial charge is 0.416 e. The Morgan fingerprint density at radius 2 is 1.48 bits per heavy atom. The van der Waals surface area contributed by atoms with Crippen molar-refractivity contribution in [2.75, 3.05) is 24.6 Å². The fraction of sp³-hybridized carbons (Fsp3) is 0.455. The predicted octanol–water partition coefficient (Wildman–Crippen LogP) is 6.69.